The van der Waals surface area contributed by atoms with Crippen LogP contribution < -0.4 is 5.32 Å². The molecule has 1 aromatic carbocycles. The van der Waals surface area contributed by atoms with Crippen molar-refractivity contribution in [2.75, 3.05) is 12.4 Å². The molecule has 0 heterocycles. The highest BCUT2D eigenvalue weighted by molar-refractivity contribution is 7.99. The van der Waals surface area contributed by atoms with Crippen molar-refractivity contribution >= 4 is 17.7 Å². The van der Waals surface area contributed by atoms with Gasteiger partial charge in [-0.3, -0.25) is 4.79 Å². The maximum absolute atomic E-state index is 11.8. The van der Waals surface area contributed by atoms with Crippen molar-refractivity contribution in [2.45, 2.75) is 36.6 Å². The van der Waals surface area contributed by atoms with Crippen LogP contribution in [0.2, 0.25) is 0 Å². The first-order valence-electron chi connectivity index (χ1n) is 6.87. The third-order valence-electron chi connectivity index (χ3n) is 3.58. The van der Waals surface area contributed by atoms with E-state index in [1.54, 1.807) is 11.8 Å². The molecule has 1 aromatic rings. The van der Waals surface area contributed by atoms with E-state index < -0.39 is 0 Å². The van der Waals surface area contributed by atoms with Crippen molar-refractivity contribution in [3.63, 3.8) is 0 Å². The summed E-state index contributed by atoms with van der Waals surface area (Å²) in [6.07, 6.45) is 3.67. The van der Waals surface area contributed by atoms with E-state index in [2.05, 4.69) is 17.4 Å². The zero-order valence-corrected chi connectivity index (χ0v) is 11.9. The van der Waals surface area contributed by atoms with E-state index in [0.29, 0.717) is 6.42 Å². The van der Waals surface area contributed by atoms with Crippen LogP contribution in [0.5, 0.6) is 0 Å². The van der Waals surface area contributed by atoms with E-state index in [0.717, 1.165) is 25.0 Å². The third kappa shape index (κ3) is 4.55. The van der Waals surface area contributed by atoms with E-state index >= 15 is 0 Å². The summed E-state index contributed by atoms with van der Waals surface area (Å²) >= 11 is 1.70. The summed E-state index contributed by atoms with van der Waals surface area (Å²) in [5.41, 5.74) is 0. The first-order chi connectivity index (χ1) is 9.29. The lowest BCUT2D eigenvalue weighted by molar-refractivity contribution is -0.121. The quantitative estimate of drug-likeness (QED) is 0.786. The summed E-state index contributed by atoms with van der Waals surface area (Å²) < 4.78 is 0. The molecule has 1 saturated carbocycles. The Hall–Kier alpha value is -1.00. The van der Waals surface area contributed by atoms with Crippen LogP contribution in [0.15, 0.2) is 35.2 Å². The summed E-state index contributed by atoms with van der Waals surface area (Å²) in [6.45, 7) is 0.184. The summed E-state index contributed by atoms with van der Waals surface area (Å²) in [7, 11) is 0. The summed E-state index contributed by atoms with van der Waals surface area (Å²) in [6, 6.07) is 10.3. The van der Waals surface area contributed by atoms with Crippen LogP contribution in [0.3, 0.4) is 0 Å². The number of benzene rings is 1. The van der Waals surface area contributed by atoms with Crippen molar-refractivity contribution in [3.8, 4) is 0 Å². The van der Waals surface area contributed by atoms with Gasteiger partial charge in [0, 0.05) is 35.6 Å². The van der Waals surface area contributed by atoms with Gasteiger partial charge in [0.2, 0.25) is 5.91 Å². The van der Waals surface area contributed by atoms with Gasteiger partial charge in [0.05, 0.1) is 0 Å². The lowest BCUT2D eigenvalue weighted by Gasteiger charge is -2.18. The van der Waals surface area contributed by atoms with Crippen molar-refractivity contribution in [1.29, 1.82) is 0 Å². The SMILES string of the molecule is O=C(CCSc1ccccc1)NC1CCCC1CO. The van der Waals surface area contributed by atoms with Gasteiger partial charge in [0.1, 0.15) is 0 Å². The Bertz CT molecular complexity index is 396. The molecule has 0 saturated heterocycles. The van der Waals surface area contributed by atoms with Crippen LogP contribution in [0.1, 0.15) is 25.7 Å². The number of amides is 1. The minimum Gasteiger partial charge on any atom is -0.396 e. The van der Waals surface area contributed by atoms with Crippen LogP contribution in [-0.2, 0) is 4.79 Å². The highest BCUT2D eigenvalue weighted by Gasteiger charge is 2.27. The monoisotopic (exact) mass is 279 g/mol. The number of hydrogen-bond acceptors (Lipinski definition) is 3. The number of carbonyl (C=O) groups is 1. The fourth-order valence-electron chi connectivity index (χ4n) is 2.50. The van der Waals surface area contributed by atoms with Gasteiger partial charge in [-0.2, -0.15) is 0 Å². The molecule has 0 aliphatic heterocycles. The molecule has 1 amide bonds. The van der Waals surface area contributed by atoms with Crippen LogP contribution >= 0.6 is 11.8 Å². The Balaban J connectivity index is 1.67. The normalized spacial score (nSPS) is 22.4. The zero-order valence-electron chi connectivity index (χ0n) is 11.0. The van der Waals surface area contributed by atoms with Crippen LogP contribution in [0, 0.1) is 5.92 Å². The fourth-order valence-corrected chi connectivity index (χ4v) is 3.38. The van der Waals surface area contributed by atoms with Gasteiger partial charge in [-0.15, -0.1) is 11.8 Å². The largest absolute Gasteiger partial charge is 0.396 e. The van der Waals surface area contributed by atoms with Crippen LogP contribution in [0.25, 0.3) is 0 Å². The first-order valence-corrected chi connectivity index (χ1v) is 7.86. The van der Waals surface area contributed by atoms with E-state index in [4.69, 9.17) is 0 Å². The zero-order chi connectivity index (χ0) is 13.5. The average Bonchev–Trinajstić information content (AvgIpc) is 2.87. The van der Waals surface area contributed by atoms with Gasteiger partial charge in [-0.25, -0.2) is 0 Å². The minimum absolute atomic E-state index is 0.105. The van der Waals surface area contributed by atoms with Gasteiger partial charge in [-0.05, 0) is 25.0 Å². The molecule has 19 heavy (non-hydrogen) atoms. The highest BCUT2D eigenvalue weighted by Crippen LogP contribution is 2.25. The van der Waals surface area contributed by atoms with E-state index in [1.807, 2.05) is 18.2 Å². The summed E-state index contributed by atoms with van der Waals surface area (Å²) in [5, 5.41) is 12.3. The molecule has 2 rings (SSSR count). The lowest BCUT2D eigenvalue weighted by Crippen LogP contribution is -2.38. The number of nitrogens with one attached hydrogen (secondary N) is 1. The maximum Gasteiger partial charge on any atom is 0.221 e. The number of carbonyl (C=O) groups excluding carboxylic acids is 1. The van der Waals surface area contributed by atoms with Crippen molar-refractivity contribution in [2.24, 2.45) is 5.92 Å². The predicted molar refractivity (Wildman–Crippen MR) is 78.1 cm³/mol. The molecule has 1 aliphatic carbocycles. The van der Waals surface area contributed by atoms with Gasteiger partial charge in [0.25, 0.3) is 0 Å². The molecule has 3 nitrogen and oxygen atoms in total. The molecule has 0 radical (unpaired) electrons. The third-order valence-corrected chi connectivity index (χ3v) is 4.59. The number of rotatable bonds is 6. The number of aliphatic hydroxyl groups is 1. The second-order valence-electron chi connectivity index (χ2n) is 4.96. The molecular weight excluding hydrogens is 258 g/mol. The van der Waals surface area contributed by atoms with Crippen molar-refractivity contribution in [1.82, 2.24) is 5.32 Å². The molecular formula is C15H21NO2S. The van der Waals surface area contributed by atoms with Gasteiger partial charge < -0.3 is 10.4 Å². The smallest absolute Gasteiger partial charge is 0.221 e. The number of aliphatic hydroxyl groups excluding tert-OH is 1. The number of hydrogen-bond donors (Lipinski definition) is 2. The number of thioether (sulfide) groups is 1. The van der Waals surface area contributed by atoms with Gasteiger partial charge >= 0.3 is 0 Å². The molecule has 4 heteroatoms. The maximum atomic E-state index is 11.8. The molecule has 1 aliphatic rings. The van der Waals surface area contributed by atoms with Gasteiger partial charge in [-0.1, -0.05) is 24.6 Å². The topological polar surface area (TPSA) is 49.3 Å². The molecule has 0 spiro atoms. The van der Waals surface area contributed by atoms with E-state index in [9.17, 15) is 9.90 Å². The van der Waals surface area contributed by atoms with Crippen LogP contribution in [-0.4, -0.2) is 29.4 Å². The van der Waals surface area contributed by atoms with Crippen molar-refractivity contribution in [3.05, 3.63) is 30.3 Å². The Morgan fingerprint density at radius 1 is 1.32 bits per heavy atom. The van der Waals surface area contributed by atoms with Gasteiger partial charge in [0.15, 0.2) is 0 Å². The molecule has 2 atom stereocenters. The molecule has 2 unspecified atom stereocenters. The first kappa shape index (κ1) is 14.4. The standard InChI is InChI=1S/C15H21NO2S/c17-11-12-5-4-8-14(12)16-15(18)9-10-19-13-6-2-1-3-7-13/h1-3,6-7,12,14,17H,4-5,8-11H2,(H,16,18). The second-order valence-corrected chi connectivity index (χ2v) is 6.13. The fraction of sp³-hybridized carbons (Fsp3) is 0.533. The Kier molecular flexibility index (Phi) is 5.73. The summed E-state index contributed by atoms with van der Waals surface area (Å²) in [4.78, 5) is 13.0. The summed E-state index contributed by atoms with van der Waals surface area (Å²) in [5.74, 6) is 1.16. The Morgan fingerprint density at radius 2 is 2.11 bits per heavy atom. The predicted octanol–water partition coefficient (Wildman–Crippen LogP) is 2.45. The highest BCUT2D eigenvalue weighted by atomic mass is 32.2. The molecule has 1 fully saturated rings. The Labute approximate surface area is 118 Å². The molecule has 0 aromatic heterocycles. The minimum atomic E-state index is 0.105. The van der Waals surface area contributed by atoms with E-state index in [1.165, 1.54) is 4.90 Å². The van der Waals surface area contributed by atoms with Crippen molar-refractivity contribution < 1.29 is 9.90 Å². The van der Waals surface area contributed by atoms with Crippen LogP contribution in [0.4, 0.5) is 0 Å². The Morgan fingerprint density at radius 3 is 2.84 bits per heavy atom. The molecule has 0 bridgehead atoms. The molecule has 104 valence electrons. The molecule has 2 N–H and O–H groups in total. The average molecular weight is 279 g/mol. The lowest BCUT2D eigenvalue weighted by atomic mass is 10.1. The second kappa shape index (κ2) is 7.56. The van der Waals surface area contributed by atoms with E-state index in [-0.39, 0.29) is 24.5 Å².